The molecule has 7 heteroatoms. The topological polar surface area (TPSA) is 39.2 Å². The van der Waals surface area contributed by atoms with E-state index in [0.717, 1.165) is 6.07 Å². The lowest BCUT2D eigenvalue weighted by Crippen LogP contribution is -2.06. The first-order valence-corrected chi connectivity index (χ1v) is 8.09. The molecule has 0 unspecified atom stereocenters. The molecule has 3 nitrogen and oxygen atoms in total. The fourth-order valence-corrected chi connectivity index (χ4v) is 3.18. The van der Waals surface area contributed by atoms with Crippen LogP contribution in [0.3, 0.4) is 0 Å². The minimum atomic E-state index is -4.44. The van der Waals surface area contributed by atoms with Gasteiger partial charge in [-0.2, -0.15) is 13.2 Å². The number of aromatic nitrogens is 1. The number of carbonyl (C=O) groups is 1. The Labute approximate surface area is 145 Å². The van der Waals surface area contributed by atoms with Crippen molar-refractivity contribution in [3.8, 4) is 21.8 Å². The van der Waals surface area contributed by atoms with Crippen LogP contribution >= 0.6 is 11.3 Å². The van der Waals surface area contributed by atoms with Crippen molar-refractivity contribution in [2.75, 3.05) is 7.11 Å². The number of halogens is 3. The lowest BCUT2D eigenvalue weighted by Gasteiger charge is -2.10. The Morgan fingerprint density at radius 3 is 2.40 bits per heavy atom. The molecular formula is C18H12F3NO2S. The largest absolute Gasteiger partial charge is 0.465 e. The number of nitrogens with zero attached hydrogens (tertiary/aromatic N) is 1. The van der Waals surface area contributed by atoms with Crippen molar-refractivity contribution in [2.24, 2.45) is 0 Å². The number of hydrogen-bond donors (Lipinski definition) is 0. The van der Waals surface area contributed by atoms with E-state index < -0.39 is 17.7 Å². The number of hydrogen-bond acceptors (Lipinski definition) is 4. The van der Waals surface area contributed by atoms with Crippen LogP contribution in [0.1, 0.15) is 15.9 Å². The van der Waals surface area contributed by atoms with E-state index in [0.29, 0.717) is 16.1 Å². The second-order valence-electron chi connectivity index (χ2n) is 5.15. The van der Waals surface area contributed by atoms with Crippen LogP contribution in [0.25, 0.3) is 21.8 Å². The number of ether oxygens (including phenoxy) is 1. The summed E-state index contributed by atoms with van der Waals surface area (Å²) in [6, 6.07) is 11.9. The van der Waals surface area contributed by atoms with E-state index in [1.807, 2.05) is 0 Å². The van der Waals surface area contributed by atoms with Gasteiger partial charge >= 0.3 is 12.1 Å². The van der Waals surface area contributed by atoms with Crippen molar-refractivity contribution in [3.05, 3.63) is 65.0 Å². The van der Waals surface area contributed by atoms with E-state index in [1.54, 1.807) is 35.7 Å². The summed E-state index contributed by atoms with van der Waals surface area (Å²) in [7, 11) is 1.29. The summed E-state index contributed by atoms with van der Waals surface area (Å²) in [5.41, 5.74) is 0.709. The summed E-state index contributed by atoms with van der Waals surface area (Å²) < 4.78 is 44.1. The molecule has 0 bridgehead atoms. The van der Waals surface area contributed by atoms with Gasteiger partial charge in [0.05, 0.1) is 23.9 Å². The van der Waals surface area contributed by atoms with E-state index >= 15 is 0 Å². The number of rotatable bonds is 3. The maximum absolute atomic E-state index is 13.1. The Morgan fingerprint density at radius 1 is 1.08 bits per heavy atom. The average Bonchev–Trinajstić information content (AvgIpc) is 3.10. The van der Waals surface area contributed by atoms with Crippen LogP contribution in [-0.4, -0.2) is 18.1 Å². The number of methoxy groups -OCH3 is 1. The van der Waals surface area contributed by atoms with Gasteiger partial charge in [0.15, 0.2) is 0 Å². The first kappa shape index (κ1) is 17.2. The number of alkyl halides is 3. The third kappa shape index (κ3) is 3.56. The van der Waals surface area contributed by atoms with Crippen LogP contribution in [0.4, 0.5) is 13.2 Å². The predicted octanol–water partition coefficient (Wildman–Crippen LogP) is 5.28. The Bertz CT molecular complexity index is 901. The lowest BCUT2D eigenvalue weighted by atomic mass is 10.1. The third-order valence-electron chi connectivity index (χ3n) is 3.57. The highest BCUT2D eigenvalue weighted by molar-refractivity contribution is 7.13. The Kier molecular flexibility index (Phi) is 4.59. The predicted molar refractivity (Wildman–Crippen MR) is 89.3 cm³/mol. The van der Waals surface area contributed by atoms with Crippen molar-refractivity contribution < 1.29 is 22.7 Å². The number of thiazole rings is 1. The molecule has 1 aromatic heterocycles. The zero-order chi connectivity index (χ0) is 18.0. The van der Waals surface area contributed by atoms with Gasteiger partial charge in [0.25, 0.3) is 0 Å². The van der Waals surface area contributed by atoms with Crippen molar-refractivity contribution in [1.29, 1.82) is 0 Å². The van der Waals surface area contributed by atoms with Crippen molar-refractivity contribution in [1.82, 2.24) is 4.98 Å². The van der Waals surface area contributed by atoms with E-state index in [1.165, 1.54) is 30.6 Å². The highest BCUT2D eigenvalue weighted by Gasteiger charge is 2.33. The minimum absolute atomic E-state index is 0.0451. The molecule has 0 saturated heterocycles. The Morgan fingerprint density at radius 2 is 1.76 bits per heavy atom. The minimum Gasteiger partial charge on any atom is -0.465 e. The van der Waals surface area contributed by atoms with Gasteiger partial charge in [-0.1, -0.05) is 30.3 Å². The molecule has 128 valence electrons. The number of carbonyl (C=O) groups excluding carboxylic acids is 1. The molecule has 0 radical (unpaired) electrons. The molecule has 0 aliphatic heterocycles. The number of esters is 1. The van der Waals surface area contributed by atoms with Gasteiger partial charge in [0.1, 0.15) is 5.01 Å². The quantitative estimate of drug-likeness (QED) is 0.594. The summed E-state index contributed by atoms with van der Waals surface area (Å²) in [6.07, 6.45) is -4.44. The van der Waals surface area contributed by atoms with E-state index in [2.05, 4.69) is 9.72 Å². The van der Waals surface area contributed by atoms with Gasteiger partial charge < -0.3 is 4.74 Å². The molecule has 2 aromatic carbocycles. The molecule has 0 aliphatic carbocycles. The first-order chi connectivity index (χ1) is 11.9. The summed E-state index contributed by atoms with van der Waals surface area (Å²) in [5, 5.41) is 2.16. The van der Waals surface area contributed by atoms with Gasteiger partial charge in [-0.3, -0.25) is 0 Å². The van der Waals surface area contributed by atoms with Crippen molar-refractivity contribution in [3.63, 3.8) is 0 Å². The van der Waals surface area contributed by atoms with Gasteiger partial charge in [-0.25, -0.2) is 9.78 Å². The average molecular weight is 363 g/mol. The van der Waals surface area contributed by atoms with Gasteiger partial charge in [0, 0.05) is 16.5 Å². The second-order valence-corrected chi connectivity index (χ2v) is 6.01. The van der Waals surface area contributed by atoms with Crippen LogP contribution in [0.2, 0.25) is 0 Å². The monoisotopic (exact) mass is 363 g/mol. The SMILES string of the molecule is COC(=O)c1ccc(-c2nc(-c3ccccc3C(F)(F)F)cs2)cc1. The normalized spacial score (nSPS) is 11.4. The van der Waals surface area contributed by atoms with Crippen molar-refractivity contribution in [2.45, 2.75) is 6.18 Å². The van der Waals surface area contributed by atoms with E-state index in [-0.39, 0.29) is 11.3 Å². The van der Waals surface area contributed by atoms with E-state index in [4.69, 9.17) is 0 Å². The highest BCUT2D eigenvalue weighted by atomic mass is 32.1. The molecule has 0 N–H and O–H groups in total. The fourth-order valence-electron chi connectivity index (χ4n) is 2.35. The summed E-state index contributed by atoms with van der Waals surface area (Å²) in [5.74, 6) is -0.453. The summed E-state index contributed by atoms with van der Waals surface area (Å²) in [4.78, 5) is 15.8. The molecule has 0 fully saturated rings. The van der Waals surface area contributed by atoms with Crippen LogP contribution in [0.5, 0.6) is 0 Å². The van der Waals surface area contributed by atoms with Crippen molar-refractivity contribution >= 4 is 17.3 Å². The zero-order valence-electron chi connectivity index (χ0n) is 13.0. The van der Waals surface area contributed by atoms with Gasteiger partial charge in [-0.05, 0) is 18.2 Å². The fraction of sp³-hybridized carbons (Fsp3) is 0.111. The van der Waals surface area contributed by atoms with Crippen LogP contribution in [0.15, 0.2) is 53.9 Å². The maximum atomic E-state index is 13.1. The zero-order valence-corrected chi connectivity index (χ0v) is 13.8. The molecular weight excluding hydrogens is 351 g/mol. The standard InChI is InChI=1S/C18H12F3NO2S/c1-24-17(23)12-8-6-11(7-9-12)16-22-15(10-25-16)13-4-2-3-5-14(13)18(19,20)21/h2-10H,1H3. The molecule has 25 heavy (non-hydrogen) atoms. The Balaban J connectivity index is 1.95. The highest BCUT2D eigenvalue weighted by Crippen LogP contribution is 2.38. The molecule has 3 rings (SSSR count). The van der Waals surface area contributed by atoms with Gasteiger partial charge in [0.2, 0.25) is 0 Å². The second kappa shape index (κ2) is 6.68. The van der Waals surface area contributed by atoms with E-state index in [9.17, 15) is 18.0 Å². The first-order valence-electron chi connectivity index (χ1n) is 7.21. The van der Waals surface area contributed by atoms with Gasteiger partial charge in [-0.15, -0.1) is 11.3 Å². The molecule has 3 aromatic rings. The van der Waals surface area contributed by atoms with Crippen LogP contribution < -0.4 is 0 Å². The smallest absolute Gasteiger partial charge is 0.417 e. The molecule has 0 atom stereocenters. The molecule has 1 heterocycles. The number of benzene rings is 2. The third-order valence-corrected chi connectivity index (χ3v) is 4.46. The lowest BCUT2D eigenvalue weighted by molar-refractivity contribution is -0.137. The molecule has 0 spiro atoms. The summed E-state index contributed by atoms with van der Waals surface area (Å²) >= 11 is 1.24. The molecule has 0 amide bonds. The summed E-state index contributed by atoms with van der Waals surface area (Å²) in [6.45, 7) is 0. The molecule has 0 saturated carbocycles. The molecule has 0 aliphatic rings. The van der Waals surface area contributed by atoms with Crippen LogP contribution in [-0.2, 0) is 10.9 Å². The maximum Gasteiger partial charge on any atom is 0.417 e. The Hall–Kier alpha value is -2.67. The van der Waals surface area contributed by atoms with Crippen LogP contribution in [0, 0.1) is 0 Å².